The second kappa shape index (κ2) is 6.60. The van der Waals surface area contributed by atoms with Crippen LogP contribution in [0.3, 0.4) is 0 Å². The smallest absolute Gasteiger partial charge is 0.240 e. The maximum absolute atomic E-state index is 12.6. The second-order valence-electron chi connectivity index (χ2n) is 6.75. The number of benzene rings is 1. The van der Waals surface area contributed by atoms with E-state index in [0.717, 1.165) is 18.9 Å². The molecule has 0 spiro atoms. The molecule has 10 nitrogen and oxygen atoms in total. The zero-order chi connectivity index (χ0) is 19.1. The molecule has 0 unspecified atom stereocenters. The Bertz CT molecular complexity index is 1130. The molecule has 28 heavy (non-hydrogen) atoms. The van der Waals surface area contributed by atoms with Crippen molar-refractivity contribution in [3.63, 3.8) is 0 Å². The number of ether oxygens (including phenoxy) is 2. The zero-order valence-corrected chi connectivity index (χ0v) is 15.7. The highest BCUT2D eigenvalue weighted by Crippen LogP contribution is 2.32. The zero-order valence-electron chi connectivity index (χ0n) is 14.9. The number of nitrogens with one attached hydrogen (secondary N) is 1. The van der Waals surface area contributed by atoms with Crippen molar-refractivity contribution in [1.82, 2.24) is 24.5 Å². The molecule has 1 aromatic carbocycles. The number of hydrogen-bond acceptors (Lipinski definition) is 8. The minimum Gasteiger partial charge on any atom is -0.486 e. The Hall–Kier alpha value is -2.92. The van der Waals surface area contributed by atoms with Crippen molar-refractivity contribution in [2.24, 2.45) is 5.92 Å². The highest BCUT2D eigenvalue weighted by atomic mass is 32.2. The molecule has 1 saturated heterocycles. The maximum Gasteiger partial charge on any atom is 0.240 e. The summed E-state index contributed by atoms with van der Waals surface area (Å²) in [7, 11) is -3.61. The molecule has 0 atom stereocenters. The number of anilines is 1. The van der Waals surface area contributed by atoms with Gasteiger partial charge in [0.2, 0.25) is 10.0 Å². The summed E-state index contributed by atoms with van der Waals surface area (Å²) in [5, 5.41) is 12.2. The van der Waals surface area contributed by atoms with E-state index in [9.17, 15) is 8.42 Å². The molecule has 1 N–H and O–H groups in total. The van der Waals surface area contributed by atoms with Crippen molar-refractivity contribution in [3.05, 3.63) is 36.7 Å². The monoisotopic (exact) mass is 402 g/mol. The van der Waals surface area contributed by atoms with Crippen molar-refractivity contribution in [1.29, 1.82) is 0 Å². The minimum atomic E-state index is -3.61. The molecular weight excluding hydrogens is 384 g/mol. The third kappa shape index (κ3) is 3.12. The molecule has 2 aliphatic rings. The molecule has 0 amide bonds. The predicted molar refractivity (Wildman–Crippen MR) is 99.1 cm³/mol. The van der Waals surface area contributed by atoms with E-state index in [-0.39, 0.29) is 10.8 Å². The van der Waals surface area contributed by atoms with Gasteiger partial charge in [0, 0.05) is 31.6 Å². The first kappa shape index (κ1) is 17.2. The fraction of sp³-hybridized carbons (Fsp3) is 0.353. The standard InChI is InChI=1S/C17H18N6O4S/c24-28(25,13-1-2-14-15(7-13)27-6-5-26-14)19-8-12-9-22(10-12)17-4-3-16-20-18-11-23(16)21-17/h1-4,7,11-12,19H,5-6,8-10H2. The van der Waals surface area contributed by atoms with Crippen molar-refractivity contribution in [3.8, 4) is 11.5 Å². The Morgan fingerprint density at radius 2 is 1.93 bits per heavy atom. The van der Waals surface area contributed by atoms with E-state index in [0.29, 0.717) is 36.9 Å². The van der Waals surface area contributed by atoms with Crippen LogP contribution in [0.15, 0.2) is 41.6 Å². The van der Waals surface area contributed by atoms with E-state index >= 15 is 0 Å². The fourth-order valence-corrected chi connectivity index (χ4v) is 4.41. The Labute approximate surface area is 161 Å². The first-order valence-corrected chi connectivity index (χ1v) is 10.4. The summed E-state index contributed by atoms with van der Waals surface area (Å²) in [5.74, 6) is 2.06. The first-order valence-electron chi connectivity index (χ1n) is 8.90. The lowest BCUT2D eigenvalue weighted by molar-refractivity contribution is 0.171. The summed E-state index contributed by atoms with van der Waals surface area (Å²) in [4.78, 5) is 2.26. The highest BCUT2D eigenvalue weighted by Gasteiger charge is 2.30. The van der Waals surface area contributed by atoms with E-state index in [4.69, 9.17) is 9.47 Å². The Kier molecular flexibility index (Phi) is 4.05. The van der Waals surface area contributed by atoms with Crippen LogP contribution in [-0.4, -0.2) is 61.1 Å². The minimum absolute atomic E-state index is 0.174. The molecule has 2 aromatic heterocycles. The van der Waals surface area contributed by atoms with Gasteiger partial charge in [0.05, 0.1) is 4.90 Å². The summed E-state index contributed by atoms with van der Waals surface area (Å²) in [5.41, 5.74) is 0.688. The Morgan fingerprint density at radius 3 is 2.79 bits per heavy atom. The SMILES string of the molecule is O=S(=O)(NCC1CN(c2ccc3nncn3n2)C1)c1ccc2c(c1)OCCO2. The number of sulfonamides is 1. The fourth-order valence-electron chi connectivity index (χ4n) is 3.27. The molecule has 146 valence electrons. The molecular formula is C17H18N6O4S. The van der Waals surface area contributed by atoms with E-state index in [2.05, 4.69) is 24.9 Å². The number of rotatable bonds is 5. The second-order valence-corrected chi connectivity index (χ2v) is 8.52. The lowest BCUT2D eigenvalue weighted by Crippen LogP contribution is -2.51. The van der Waals surface area contributed by atoms with Crippen LogP contribution < -0.4 is 19.1 Å². The van der Waals surface area contributed by atoms with E-state index < -0.39 is 10.0 Å². The van der Waals surface area contributed by atoms with Gasteiger partial charge >= 0.3 is 0 Å². The summed E-state index contributed by atoms with van der Waals surface area (Å²) in [6.45, 7) is 2.70. The lowest BCUT2D eigenvalue weighted by atomic mass is 10.0. The molecule has 0 aliphatic carbocycles. The Morgan fingerprint density at radius 1 is 1.11 bits per heavy atom. The summed E-state index contributed by atoms with van der Waals surface area (Å²) in [6.07, 6.45) is 1.55. The van der Waals surface area contributed by atoms with E-state index in [1.54, 1.807) is 16.9 Å². The third-order valence-electron chi connectivity index (χ3n) is 4.81. The molecule has 3 aromatic rings. The quantitative estimate of drug-likeness (QED) is 0.649. The summed E-state index contributed by atoms with van der Waals surface area (Å²) in [6, 6.07) is 8.40. The molecule has 2 aliphatic heterocycles. The Balaban J connectivity index is 1.20. The number of nitrogens with zero attached hydrogens (tertiary/aromatic N) is 5. The average Bonchev–Trinajstić information content (AvgIpc) is 3.14. The molecule has 5 rings (SSSR count). The van der Waals surface area contributed by atoms with Crippen molar-refractivity contribution >= 4 is 21.5 Å². The van der Waals surface area contributed by atoms with Crippen molar-refractivity contribution in [2.75, 3.05) is 37.7 Å². The van der Waals surface area contributed by atoms with Crippen LogP contribution in [0.1, 0.15) is 0 Å². The topological polar surface area (TPSA) is 111 Å². The number of fused-ring (bicyclic) bond motifs is 2. The van der Waals surface area contributed by atoms with Crippen LogP contribution in [0.5, 0.6) is 11.5 Å². The van der Waals surface area contributed by atoms with Gasteiger partial charge in [0.1, 0.15) is 25.4 Å². The van der Waals surface area contributed by atoms with Gasteiger partial charge in [0.25, 0.3) is 0 Å². The van der Waals surface area contributed by atoms with Gasteiger partial charge in [0.15, 0.2) is 17.1 Å². The molecule has 0 saturated carbocycles. The molecule has 0 bridgehead atoms. The van der Waals surface area contributed by atoms with Gasteiger partial charge in [-0.2, -0.15) is 4.52 Å². The maximum atomic E-state index is 12.6. The largest absolute Gasteiger partial charge is 0.486 e. The third-order valence-corrected chi connectivity index (χ3v) is 6.24. The summed E-state index contributed by atoms with van der Waals surface area (Å²) < 4.78 is 40.4. The number of aromatic nitrogens is 4. The van der Waals surface area contributed by atoms with Crippen LogP contribution in [0.25, 0.3) is 5.65 Å². The normalized spacial score (nSPS) is 16.9. The van der Waals surface area contributed by atoms with Crippen LogP contribution >= 0.6 is 0 Å². The van der Waals surface area contributed by atoms with Gasteiger partial charge in [-0.05, 0) is 24.3 Å². The molecule has 11 heteroatoms. The molecule has 0 radical (unpaired) electrons. The van der Waals surface area contributed by atoms with Crippen LogP contribution in [-0.2, 0) is 10.0 Å². The predicted octanol–water partition coefficient (Wildman–Crippen LogP) is 0.310. The van der Waals surface area contributed by atoms with Crippen LogP contribution in [0.4, 0.5) is 5.82 Å². The summed E-state index contributed by atoms with van der Waals surface area (Å²) >= 11 is 0. The van der Waals surface area contributed by atoms with Crippen molar-refractivity contribution in [2.45, 2.75) is 4.90 Å². The van der Waals surface area contributed by atoms with Crippen LogP contribution in [0, 0.1) is 5.92 Å². The number of hydrogen-bond donors (Lipinski definition) is 1. The molecule has 4 heterocycles. The van der Waals surface area contributed by atoms with Gasteiger partial charge in [-0.1, -0.05) is 0 Å². The van der Waals surface area contributed by atoms with Gasteiger partial charge in [-0.3, -0.25) is 0 Å². The van der Waals surface area contributed by atoms with Crippen LogP contribution in [0.2, 0.25) is 0 Å². The van der Waals surface area contributed by atoms with Gasteiger partial charge in [-0.25, -0.2) is 13.1 Å². The first-order chi connectivity index (χ1) is 13.6. The lowest BCUT2D eigenvalue weighted by Gasteiger charge is -2.40. The van der Waals surface area contributed by atoms with E-state index in [1.807, 2.05) is 12.1 Å². The van der Waals surface area contributed by atoms with Crippen molar-refractivity contribution < 1.29 is 17.9 Å². The average molecular weight is 402 g/mol. The van der Waals surface area contributed by atoms with E-state index in [1.165, 1.54) is 12.1 Å². The van der Waals surface area contributed by atoms with Gasteiger partial charge in [-0.15, -0.1) is 15.3 Å². The highest BCUT2D eigenvalue weighted by molar-refractivity contribution is 7.89. The molecule has 1 fully saturated rings. The van der Waals surface area contributed by atoms with Gasteiger partial charge < -0.3 is 14.4 Å².